The van der Waals surface area contributed by atoms with Gasteiger partial charge in [0.2, 0.25) is 21.8 Å². The molecule has 5 rings (SSSR count). The molecular weight excluding hydrogens is 550 g/mol. The summed E-state index contributed by atoms with van der Waals surface area (Å²) in [5, 5.41) is 2.93. The van der Waals surface area contributed by atoms with Gasteiger partial charge in [0, 0.05) is 26.1 Å². The maximum atomic E-state index is 13.9. The first-order valence-electron chi connectivity index (χ1n) is 14.2. The molecule has 1 saturated heterocycles. The van der Waals surface area contributed by atoms with Crippen LogP contribution in [0.2, 0.25) is 0 Å². The standard InChI is InChI=1S/C33H35N3O5S/c37-31(20-17-26-15-18-30(19-16-26)42(39,40)35-21-7-8-22-35)36(25-27-10-3-1-4-11-27)32(28-12-5-2-6-13-28)33(38)34-24-29-14-9-23-41-29/h1-6,9-16,18-19,23,32H,7-8,17,20-22,24-25H2,(H,34,38). The summed E-state index contributed by atoms with van der Waals surface area (Å²) in [5.41, 5.74) is 2.46. The lowest BCUT2D eigenvalue weighted by Gasteiger charge is -2.31. The van der Waals surface area contributed by atoms with Gasteiger partial charge >= 0.3 is 0 Å². The van der Waals surface area contributed by atoms with E-state index in [1.165, 1.54) is 4.31 Å². The highest BCUT2D eigenvalue weighted by Gasteiger charge is 2.32. The second-order valence-electron chi connectivity index (χ2n) is 10.4. The number of carbonyl (C=O) groups is 2. The van der Waals surface area contributed by atoms with Gasteiger partial charge in [0.25, 0.3) is 0 Å². The zero-order valence-electron chi connectivity index (χ0n) is 23.4. The summed E-state index contributed by atoms with van der Waals surface area (Å²) in [4.78, 5) is 29.5. The smallest absolute Gasteiger partial charge is 0.247 e. The number of aryl methyl sites for hydroxylation is 1. The van der Waals surface area contributed by atoms with Crippen LogP contribution in [-0.4, -0.2) is 42.5 Å². The monoisotopic (exact) mass is 585 g/mol. The lowest BCUT2D eigenvalue weighted by molar-refractivity contribution is -0.141. The van der Waals surface area contributed by atoms with Gasteiger partial charge in [0.05, 0.1) is 17.7 Å². The quantitative estimate of drug-likeness (QED) is 0.250. The first-order valence-corrected chi connectivity index (χ1v) is 15.6. The molecule has 1 atom stereocenters. The highest BCUT2D eigenvalue weighted by molar-refractivity contribution is 7.89. The molecule has 1 aromatic heterocycles. The number of benzene rings is 3. The van der Waals surface area contributed by atoms with Gasteiger partial charge in [0.15, 0.2) is 0 Å². The van der Waals surface area contributed by atoms with E-state index >= 15 is 0 Å². The first kappa shape index (κ1) is 29.3. The molecule has 1 N–H and O–H groups in total. The largest absolute Gasteiger partial charge is 0.467 e. The van der Waals surface area contributed by atoms with E-state index in [0.29, 0.717) is 30.8 Å². The minimum Gasteiger partial charge on any atom is -0.467 e. The third-order valence-corrected chi connectivity index (χ3v) is 9.37. The van der Waals surface area contributed by atoms with E-state index in [4.69, 9.17) is 4.42 Å². The van der Waals surface area contributed by atoms with Crippen LogP contribution < -0.4 is 5.32 Å². The van der Waals surface area contributed by atoms with E-state index < -0.39 is 16.1 Å². The lowest BCUT2D eigenvalue weighted by atomic mass is 10.0. The van der Waals surface area contributed by atoms with Crippen LogP contribution in [0.5, 0.6) is 0 Å². The van der Waals surface area contributed by atoms with Crippen molar-refractivity contribution in [2.45, 2.75) is 49.7 Å². The number of nitrogens with one attached hydrogen (secondary N) is 1. The van der Waals surface area contributed by atoms with Crippen LogP contribution in [0.1, 0.15) is 47.8 Å². The minimum absolute atomic E-state index is 0.153. The van der Waals surface area contributed by atoms with Crippen molar-refractivity contribution in [2.75, 3.05) is 13.1 Å². The van der Waals surface area contributed by atoms with Gasteiger partial charge in [-0.3, -0.25) is 9.59 Å². The van der Waals surface area contributed by atoms with Crippen molar-refractivity contribution in [2.24, 2.45) is 0 Å². The molecule has 9 heteroatoms. The van der Waals surface area contributed by atoms with Crippen LogP contribution >= 0.6 is 0 Å². The molecule has 0 spiro atoms. The van der Waals surface area contributed by atoms with Crippen molar-refractivity contribution < 1.29 is 22.4 Å². The molecule has 0 radical (unpaired) electrons. The van der Waals surface area contributed by atoms with Gasteiger partial charge in [0.1, 0.15) is 11.8 Å². The van der Waals surface area contributed by atoms with Crippen molar-refractivity contribution >= 4 is 21.8 Å². The molecule has 2 heterocycles. The molecule has 1 aliphatic rings. The lowest BCUT2D eigenvalue weighted by Crippen LogP contribution is -2.43. The maximum Gasteiger partial charge on any atom is 0.247 e. The predicted octanol–water partition coefficient (Wildman–Crippen LogP) is 5.08. The normalized spacial score (nSPS) is 14.4. The molecule has 1 fully saturated rings. The summed E-state index contributed by atoms with van der Waals surface area (Å²) in [5.74, 6) is 0.124. The van der Waals surface area contributed by atoms with Crippen LogP contribution in [-0.2, 0) is 39.1 Å². The summed E-state index contributed by atoms with van der Waals surface area (Å²) in [7, 11) is -3.50. The summed E-state index contributed by atoms with van der Waals surface area (Å²) in [6, 6.07) is 28.3. The molecular formula is C33H35N3O5S. The summed E-state index contributed by atoms with van der Waals surface area (Å²) in [6.45, 7) is 1.55. The fourth-order valence-electron chi connectivity index (χ4n) is 5.20. The molecule has 3 aromatic carbocycles. The Kier molecular flexibility index (Phi) is 9.51. The Hall–Kier alpha value is -4.21. The number of rotatable bonds is 12. The highest BCUT2D eigenvalue weighted by atomic mass is 32.2. The number of sulfonamides is 1. The Balaban J connectivity index is 1.35. The van der Waals surface area contributed by atoms with Crippen LogP contribution in [0, 0.1) is 0 Å². The Morgan fingerprint density at radius 2 is 1.50 bits per heavy atom. The van der Waals surface area contributed by atoms with E-state index in [9.17, 15) is 18.0 Å². The number of nitrogens with zero attached hydrogens (tertiary/aromatic N) is 2. The highest BCUT2D eigenvalue weighted by Crippen LogP contribution is 2.26. The van der Waals surface area contributed by atoms with E-state index in [1.54, 1.807) is 47.6 Å². The van der Waals surface area contributed by atoms with Crippen molar-refractivity contribution in [1.29, 1.82) is 0 Å². The molecule has 0 bridgehead atoms. The fraction of sp³-hybridized carbons (Fsp3) is 0.273. The fourth-order valence-corrected chi connectivity index (χ4v) is 6.71. The Morgan fingerprint density at radius 1 is 0.833 bits per heavy atom. The molecule has 2 amide bonds. The van der Waals surface area contributed by atoms with Gasteiger partial charge in [-0.05, 0) is 60.2 Å². The van der Waals surface area contributed by atoms with Crippen LogP contribution in [0.4, 0.5) is 0 Å². The number of hydrogen-bond acceptors (Lipinski definition) is 5. The van der Waals surface area contributed by atoms with Crippen molar-refractivity contribution in [3.63, 3.8) is 0 Å². The zero-order valence-corrected chi connectivity index (χ0v) is 24.2. The van der Waals surface area contributed by atoms with Crippen molar-refractivity contribution in [3.8, 4) is 0 Å². The first-order chi connectivity index (χ1) is 20.4. The molecule has 0 aliphatic carbocycles. The SMILES string of the molecule is O=C(NCc1ccco1)C(c1ccccc1)N(Cc1ccccc1)C(=O)CCc1ccc(S(=O)(=O)N2CCCC2)cc1. The summed E-state index contributed by atoms with van der Waals surface area (Å²) >= 11 is 0. The molecule has 42 heavy (non-hydrogen) atoms. The second kappa shape index (κ2) is 13.6. The Labute approximate surface area is 247 Å². The van der Waals surface area contributed by atoms with Gasteiger partial charge in [-0.2, -0.15) is 4.31 Å². The van der Waals surface area contributed by atoms with Crippen molar-refractivity contribution in [1.82, 2.24) is 14.5 Å². The molecule has 8 nitrogen and oxygen atoms in total. The van der Waals surface area contributed by atoms with Gasteiger partial charge in [-0.25, -0.2) is 8.42 Å². The molecule has 218 valence electrons. The van der Waals surface area contributed by atoms with Gasteiger partial charge in [-0.15, -0.1) is 0 Å². The summed E-state index contributed by atoms with van der Waals surface area (Å²) < 4.78 is 32.7. The average molecular weight is 586 g/mol. The van der Waals surface area contributed by atoms with Gasteiger partial charge < -0.3 is 14.6 Å². The topological polar surface area (TPSA) is 99.9 Å². The number of carbonyl (C=O) groups excluding carboxylic acids is 2. The number of amides is 2. The number of furan rings is 1. The molecule has 4 aromatic rings. The van der Waals surface area contributed by atoms with Crippen LogP contribution in [0.3, 0.4) is 0 Å². The number of hydrogen-bond donors (Lipinski definition) is 1. The molecule has 1 aliphatic heterocycles. The van der Waals surface area contributed by atoms with E-state index in [0.717, 1.165) is 24.0 Å². The average Bonchev–Trinajstić information content (AvgIpc) is 3.75. The maximum absolute atomic E-state index is 13.9. The minimum atomic E-state index is -3.50. The van der Waals surface area contributed by atoms with E-state index in [-0.39, 0.29) is 36.2 Å². The Bertz CT molecular complexity index is 1550. The third-order valence-electron chi connectivity index (χ3n) is 7.46. The predicted molar refractivity (Wildman–Crippen MR) is 159 cm³/mol. The van der Waals surface area contributed by atoms with Crippen LogP contribution in [0.25, 0.3) is 0 Å². The van der Waals surface area contributed by atoms with Crippen molar-refractivity contribution in [3.05, 3.63) is 126 Å². The Morgan fingerprint density at radius 3 is 2.14 bits per heavy atom. The third kappa shape index (κ3) is 7.16. The van der Waals surface area contributed by atoms with Gasteiger partial charge in [-0.1, -0.05) is 72.8 Å². The van der Waals surface area contributed by atoms with E-state index in [1.807, 2.05) is 60.7 Å². The second-order valence-corrected chi connectivity index (χ2v) is 12.3. The van der Waals surface area contributed by atoms with Crippen LogP contribution in [0.15, 0.2) is 113 Å². The zero-order chi connectivity index (χ0) is 29.4. The van der Waals surface area contributed by atoms with E-state index in [2.05, 4.69) is 5.32 Å². The molecule has 1 unspecified atom stereocenters. The summed E-state index contributed by atoms with van der Waals surface area (Å²) in [6.07, 6.45) is 3.87. The molecule has 0 saturated carbocycles.